The maximum Gasteiger partial charge on any atom is 0.323 e. The third-order valence-electron chi connectivity index (χ3n) is 3.31. The summed E-state index contributed by atoms with van der Waals surface area (Å²) in [7, 11) is 0. The number of carboxylic acids is 1. The molecular weight excluding hydrogens is 268 g/mol. The summed E-state index contributed by atoms with van der Waals surface area (Å²) in [5, 5.41) is 9.26. The van der Waals surface area contributed by atoms with Gasteiger partial charge in [0.05, 0.1) is 5.56 Å². The average molecular weight is 283 g/mol. The van der Waals surface area contributed by atoms with E-state index in [4.69, 9.17) is 16.7 Å². The van der Waals surface area contributed by atoms with Crippen molar-refractivity contribution >= 4 is 23.5 Å². The van der Waals surface area contributed by atoms with Crippen LogP contribution in [0.15, 0.2) is 18.3 Å². The second-order valence-electron chi connectivity index (χ2n) is 4.63. The van der Waals surface area contributed by atoms with Crippen molar-refractivity contribution < 1.29 is 14.7 Å². The fourth-order valence-electron chi connectivity index (χ4n) is 2.40. The molecule has 1 fully saturated rings. The molecule has 0 aliphatic heterocycles. The number of halogens is 1. The highest BCUT2D eigenvalue weighted by Crippen LogP contribution is 2.24. The van der Waals surface area contributed by atoms with Crippen molar-refractivity contribution in [1.82, 2.24) is 9.88 Å². The van der Waals surface area contributed by atoms with E-state index in [-0.39, 0.29) is 18.5 Å². The Hall–Kier alpha value is -1.62. The Morgan fingerprint density at radius 1 is 1.37 bits per heavy atom. The van der Waals surface area contributed by atoms with Gasteiger partial charge in [0.1, 0.15) is 11.7 Å². The van der Waals surface area contributed by atoms with Gasteiger partial charge in [-0.2, -0.15) is 0 Å². The molecule has 0 spiro atoms. The molecule has 1 aliphatic rings. The van der Waals surface area contributed by atoms with Crippen molar-refractivity contribution in [2.75, 3.05) is 6.54 Å². The molecular formula is C13H15ClN2O3. The molecule has 0 atom stereocenters. The summed E-state index contributed by atoms with van der Waals surface area (Å²) in [5.74, 6) is -1.29. The molecule has 1 amide bonds. The lowest BCUT2D eigenvalue weighted by molar-refractivity contribution is -0.138. The third kappa shape index (κ3) is 3.44. The summed E-state index contributed by atoms with van der Waals surface area (Å²) < 4.78 is 0. The number of hydrogen-bond acceptors (Lipinski definition) is 3. The second-order valence-corrected chi connectivity index (χ2v) is 5.02. The van der Waals surface area contributed by atoms with E-state index in [0.29, 0.717) is 10.7 Å². The van der Waals surface area contributed by atoms with Crippen LogP contribution in [0, 0.1) is 0 Å². The Labute approximate surface area is 116 Å². The number of nitrogens with zero attached hydrogens (tertiary/aromatic N) is 2. The fourth-order valence-corrected chi connectivity index (χ4v) is 2.51. The van der Waals surface area contributed by atoms with E-state index in [2.05, 4.69) is 4.98 Å². The number of amides is 1. The SMILES string of the molecule is O=C(O)CN(C(=O)c1ccc(Cl)nc1)C1CCCC1. The first-order valence-corrected chi connectivity index (χ1v) is 6.60. The molecule has 5 nitrogen and oxygen atoms in total. The number of carboxylic acid groups (broad SMARTS) is 1. The van der Waals surface area contributed by atoms with Crippen LogP contribution in [0.2, 0.25) is 5.15 Å². The van der Waals surface area contributed by atoms with Gasteiger partial charge in [-0.3, -0.25) is 9.59 Å². The average Bonchev–Trinajstić information content (AvgIpc) is 2.89. The molecule has 1 saturated carbocycles. The standard InChI is InChI=1S/C13H15ClN2O3/c14-11-6-5-9(7-15-11)13(19)16(8-12(17)18)10-3-1-2-4-10/h5-7,10H,1-4,8H2,(H,17,18). The first-order valence-electron chi connectivity index (χ1n) is 6.22. The number of pyridine rings is 1. The maximum absolute atomic E-state index is 12.4. The predicted molar refractivity (Wildman–Crippen MR) is 70.2 cm³/mol. The molecule has 19 heavy (non-hydrogen) atoms. The van der Waals surface area contributed by atoms with Gasteiger partial charge in [-0.05, 0) is 25.0 Å². The quantitative estimate of drug-likeness (QED) is 0.860. The molecule has 6 heteroatoms. The van der Waals surface area contributed by atoms with Gasteiger partial charge < -0.3 is 10.0 Å². The maximum atomic E-state index is 12.4. The van der Waals surface area contributed by atoms with Crippen LogP contribution in [0.3, 0.4) is 0 Å². The minimum Gasteiger partial charge on any atom is -0.480 e. The van der Waals surface area contributed by atoms with Crippen molar-refractivity contribution in [1.29, 1.82) is 0 Å². The number of carbonyl (C=O) groups is 2. The topological polar surface area (TPSA) is 70.5 Å². The first-order chi connectivity index (χ1) is 9.08. The van der Waals surface area contributed by atoms with E-state index in [1.165, 1.54) is 17.2 Å². The molecule has 1 aliphatic carbocycles. The van der Waals surface area contributed by atoms with Crippen molar-refractivity contribution in [3.05, 3.63) is 29.0 Å². The molecule has 2 rings (SSSR count). The van der Waals surface area contributed by atoms with Crippen molar-refractivity contribution in [2.24, 2.45) is 0 Å². The van der Waals surface area contributed by atoms with Gasteiger partial charge in [0.15, 0.2) is 0 Å². The Kier molecular flexibility index (Phi) is 4.37. The molecule has 1 aromatic rings. The number of rotatable bonds is 4. The Bertz CT molecular complexity index is 469. The predicted octanol–water partition coefficient (Wildman–Crippen LogP) is 2.20. The highest BCUT2D eigenvalue weighted by atomic mass is 35.5. The highest BCUT2D eigenvalue weighted by Gasteiger charge is 2.29. The second kappa shape index (κ2) is 6.02. The van der Waals surface area contributed by atoms with Gasteiger partial charge in [-0.25, -0.2) is 4.98 Å². The van der Waals surface area contributed by atoms with Crippen LogP contribution < -0.4 is 0 Å². The molecule has 1 heterocycles. The van der Waals surface area contributed by atoms with E-state index < -0.39 is 5.97 Å². The molecule has 1 aromatic heterocycles. The van der Waals surface area contributed by atoms with E-state index in [1.807, 2.05) is 0 Å². The Morgan fingerprint density at radius 2 is 2.05 bits per heavy atom. The molecule has 0 unspecified atom stereocenters. The van der Waals surface area contributed by atoms with Crippen molar-refractivity contribution in [2.45, 2.75) is 31.7 Å². The molecule has 0 aromatic carbocycles. The van der Waals surface area contributed by atoms with E-state index in [0.717, 1.165) is 25.7 Å². The van der Waals surface area contributed by atoms with Crippen LogP contribution in [0.1, 0.15) is 36.0 Å². The largest absolute Gasteiger partial charge is 0.480 e. The van der Waals surface area contributed by atoms with Crippen LogP contribution in [-0.2, 0) is 4.79 Å². The summed E-state index contributed by atoms with van der Waals surface area (Å²) in [6, 6.07) is 3.11. The van der Waals surface area contributed by atoms with Gasteiger partial charge in [-0.1, -0.05) is 24.4 Å². The van der Waals surface area contributed by atoms with Gasteiger partial charge in [0.2, 0.25) is 0 Å². The smallest absolute Gasteiger partial charge is 0.323 e. The van der Waals surface area contributed by atoms with Crippen molar-refractivity contribution in [3.8, 4) is 0 Å². The lowest BCUT2D eigenvalue weighted by atomic mass is 10.1. The first kappa shape index (κ1) is 13.8. The van der Waals surface area contributed by atoms with E-state index in [1.54, 1.807) is 6.07 Å². The lowest BCUT2D eigenvalue weighted by Gasteiger charge is -2.27. The third-order valence-corrected chi connectivity index (χ3v) is 3.53. The molecule has 0 radical (unpaired) electrons. The van der Waals surface area contributed by atoms with Gasteiger partial charge in [0, 0.05) is 12.2 Å². The van der Waals surface area contributed by atoms with Crippen LogP contribution in [0.25, 0.3) is 0 Å². The number of aliphatic carboxylic acids is 1. The zero-order valence-corrected chi connectivity index (χ0v) is 11.1. The van der Waals surface area contributed by atoms with E-state index in [9.17, 15) is 9.59 Å². The Morgan fingerprint density at radius 3 is 2.58 bits per heavy atom. The van der Waals surface area contributed by atoms with Gasteiger partial charge in [-0.15, -0.1) is 0 Å². The number of hydrogen-bond donors (Lipinski definition) is 1. The van der Waals surface area contributed by atoms with Crippen LogP contribution >= 0.6 is 11.6 Å². The summed E-state index contributed by atoms with van der Waals surface area (Å²) in [6.45, 7) is -0.272. The molecule has 0 saturated heterocycles. The fraction of sp³-hybridized carbons (Fsp3) is 0.462. The monoisotopic (exact) mass is 282 g/mol. The van der Waals surface area contributed by atoms with Crippen molar-refractivity contribution in [3.63, 3.8) is 0 Å². The zero-order chi connectivity index (χ0) is 13.8. The Balaban J connectivity index is 2.18. The zero-order valence-electron chi connectivity index (χ0n) is 10.4. The van der Waals surface area contributed by atoms with Gasteiger partial charge >= 0.3 is 5.97 Å². The lowest BCUT2D eigenvalue weighted by Crippen LogP contribution is -2.42. The molecule has 1 N–H and O–H groups in total. The summed E-state index contributed by atoms with van der Waals surface area (Å²) in [5.41, 5.74) is 0.373. The normalized spacial score (nSPS) is 15.4. The minimum atomic E-state index is -0.998. The molecule has 0 bridgehead atoms. The van der Waals surface area contributed by atoms with E-state index >= 15 is 0 Å². The van der Waals surface area contributed by atoms with Gasteiger partial charge in [0.25, 0.3) is 5.91 Å². The summed E-state index contributed by atoms with van der Waals surface area (Å²) >= 11 is 5.68. The summed E-state index contributed by atoms with van der Waals surface area (Å²) in [6.07, 6.45) is 5.18. The minimum absolute atomic E-state index is 0.0132. The van der Waals surface area contributed by atoms with Crippen LogP contribution in [0.4, 0.5) is 0 Å². The molecule has 102 valence electrons. The summed E-state index contributed by atoms with van der Waals surface area (Å²) in [4.78, 5) is 28.6. The highest BCUT2D eigenvalue weighted by molar-refractivity contribution is 6.29. The number of aromatic nitrogens is 1. The van der Waals surface area contributed by atoms with Crippen LogP contribution in [0.5, 0.6) is 0 Å². The van der Waals surface area contributed by atoms with Crippen LogP contribution in [-0.4, -0.2) is 39.5 Å². The number of carbonyl (C=O) groups excluding carboxylic acids is 1.